The van der Waals surface area contributed by atoms with Crippen molar-refractivity contribution in [1.82, 2.24) is 10.3 Å². The van der Waals surface area contributed by atoms with E-state index in [1.807, 2.05) is 36.5 Å². The lowest BCUT2D eigenvalue weighted by Crippen LogP contribution is -2.34. The van der Waals surface area contributed by atoms with Crippen molar-refractivity contribution in [2.45, 2.75) is 32.4 Å². The molecule has 1 aliphatic rings. The Morgan fingerprint density at radius 2 is 2.17 bits per heavy atom. The van der Waals surface area contributed by atoms with Gasteiger partial charge in [0.1, 0.15) is 5.82 Å². The molecule has 5 heteroatoms. The number of aromatic nitrogens is 1. The average Bonchev–Trinajstić information content (AvgIpc) is 3.04. The van der Waals surface area contributed by atoms with Crippen molar-refractivity contribution in [3.63, 3.8) is 0 Å². The third-order valence-electron chi connectivity index (χ3n) is 4.35. The number of pyridine rings is 1. The number of hydrogen-bond donors (Lipinski definition) is 2. The van der Waals surface area contributed by atoms with Gasteiger partial charge in [0, 0.05) is 44.0 Å². The van der Waals surface area contributed by atoms with Crippen molar-refractivity contribution in [3.05, 3.63) is 54.2 Å². The molecule has 3 rings (SSSR count). The second-order valence-corrected chi connectivity index (χ2v) is 6.31. The number of rotatable bonds is 5. The second kappa shape index (κ2) is 7.45. The maximum Gasteiger partial charge on any atom is 0.221 e. The molecule has 2 atom stereocenters. The summed E-state index contributed by atoms with van der Waals surface area (Å²) in [5.41, 5.74) is 2.02. The molecule has 2 aromatic rings. The molecular weight excluding hydrogens is 300 g/mol. The predicted octanol–water partition coefficient (Wildman–Crippen LogP) is 2.97. The Labute approximate surface area is 143 Å². The van der Waals surface area contributed by atoms with Crippen LogP contribution in [0.1, 0.15) is 31.9 Å². The van der Waals surface area contributed by atoms with Gasteiger partial charge in [-0.25, -0.2) is 4.98 Å². The summed E-state index contributed by atoms with van der Waals surface area (Å²) in [4.78, 5) is 18.0. The van der Waals surface area contributed by atoms with E-state index >= 15 is 0 Å². The molecule has 1 saturated heterocycles. The largest absolute Gasteiger partial charge is 0.355 e. The van der Waals surface area contributed by atoms with Crippen LogP contribution in [0.3, 0.4) is 0 Å². The van der Waals surface area contributed by atoms with Crippen LogP contribution in [0.4, 0.5) is 11.5 Å². The van der Waals surface area contributed by atoms with Crippen LogP contribution in [-0.4, -0.2) is 30.0 Å². The minimum atomic E-state index is -0.0467. The molecule has 5 nitrogen and oxygen atoms in total. The summed E-state index contributed by atoms with van der Waals surface area (Å²) in [5, 5.41) is 6.53. The number of carbonyl (C=O) groups is 1. The highest BCUT2D eigenvalue weighted by atomic mass is 16.1. The van der Waals surface area contributed by atoms with Crippen LogP contribution in [0.25, 0.3) is 0 Å². The average molecular weight is 324 g/mol. The highest BCUT2D eigenvalue weighted by Gasteiger charge is 2.24. The Bertz CT molecular complexity index is 689. The molecule has 2 N–H and O–H groups in total. The van der Waals surface area contributed by atoms with E-state index in [1.54, 1.807) is 0 Å². The third-order valence-corrected chi connectivity index (χ3v) is 4.35. The molecule has 0 spiro atoms. The van der Waals surface area contributed by atoms with Crippen molar-refractivity contribution in [2.75, 3.05) is 23.3 Å². The van der Waals surface area contributed by atoms with Crippen LogP contribution in [0.2, 0.25) is 0 Å². The zero-order chi connectivity index (χ0) is 16.9. The highest BCUT2D eigenvalue weighted by Crippen LogP contribution is 2.22. The molecule has 1 amide bonds. The van der Waals surface area contributed by atoms with Crippen LogP contribution >= 0.6 is 0 Å². The number of hydrogen-bond acceptors (Lipinski definition) is 4. The zero-order valence-corrected chi connectivity index (χ0v) is 14.2. The fraction of sp³-hybridized carbons (Fsp3) is 0.368. The summed E-state index contributed by atoms with van der Waals surface area (Å²) in [6.45, 7) is 5.68. The maximum atomic E-state index is 11.2. The lowest BCUT2D eigenvalue weighted by atomic mass is 10.1. The summed E-state index contributed by atoms with van der Waals surface area (Å²) in [6, 6.07) is 14.7. The fourth-order valence-corrected chi connectivity index (χ4v) is 3.18. The molecule has 1 aliphatic heterocycles. The van der Waals surface area contributed by atoms with E-state index in [0.29, 0.717) is 6.04 Å². The molecule has 0 aliphatic carbocycles. The molecule has 24 heavy (non-hydrogen) atoms. The van der Waals surface area contributed by atoms with Gasteiger partial charge in [-0.05, 0) is 43.2 Å². The molecular formula is C19H24N4O. The van der Waals surface area contributed by atoms with E-state index in [1.165, 1.54) is 12.5 Å². The fourth-order valence-electron chi connectivity index (χ4n) is 3.18. The number of carbonyl (C=O) groups excluding carboxylic acids is 1. The van der Waals surface area contributed by atoms with E-state index in [2.05, 4.69) is 39.6 Å². The summed E-state index contributed by atoms with van der Waals surface area (Å²) in [5.74, 6) is 0.997. The third kappa shape index (κ3) is 4.11. The molecule has 1 aromatic carbocycles. The number of benzene rings is 1. The molecule has 0 saturated carbocycles. The minimum absolute atomic E-state index is 0.0467. The van der Waals surface area contributed by atoms with E-state index in [9.17, 15) is 4.79 Å². The monoisotopic (exact) mass is 324 g/mol. The quantitative estimate of drug-likeness (QED) is 0.888. The van der Waals surface area contributed by atoms with Gasteiger partial charge >= 0.3 is 0 Å². The number of amides is 1. The van der Waals surface area contributed by atoms with E-state index < -0.39 is 0 Å². The Morgan fingerprint density at radius 3 is 2.92 bits per heavy atom. The standard InChI is InChI=1S/C19H24N4O/c1-14(16-6-5-7-17(12-16)22-15(2)24)21-18-9-11-23(13-18)19-8-3-4-10-20-19/h3-8,10,12,14,18,21H,9,11,13H2,1-2H3,(H,22,24)/t14-,18-/m0/s1. The van der Waals surface area contributed by atoms with Crippen LogP contribution in [0.15, 0.2) is 48.7 Å². The first kappa shape index (κ1) is 16.5. The summed E-state index contributed by atoms with van der Waals surface area (Å²) in [7, 11) is 0. The normalized spacial score (nSPS) is 18.4. The second-order valence-electron chi connectivity index (χ2n) is 6.31. The van der Waals surface area contributed by atoms with Gasteiger partial charge in [-0.2, -0.15) is 0 Å². The predicted molar refractivity (Wildman–Crippen MR) is 97.2 cm³/mol. The number of anilines is 2. The van der Waals surface area contributed by atoms with Gasteiger partial charge in [0.2, 0.25) is 5.91 Å². The lowest BCUT2D eigenvalue weighted by Gasteiger charge is -2.21. The molecule has 1 aromatic heterocycles. The van der Waals surface area contributed by atoms with Crippen molar-refractivity contribution >= 4 is 17.4 Å². The van der Waals surface area contributed by atoms with Crippen LogP contribution in [0.5, 0.6) is 0 Å². The van der Waals surface area contributed by atoms with Crippen LogP contribution in [0, 0.1) is 0 Å². The van der Waals surface area contributed by atoms with Gasteiger partial charge in [-0.3, -0.25) is 4.79 Å². The summed E-state index contributed by atoms with van der Waals surface area (Å²) in [6.07, 6.45) is 2.94. The van der Waals surface area contributed by atoms with Gasteiger partial charge in [0.25, 0.3) is 0 Å². The van der Waals surface area contributed by atoms with Gasteiger partial charge in [-0.15, -0.1) is 0 Å². The Balaban J connectivity index is 1.59. The van der Waals surface area contributed by atoms with Gasteiger partial charge < -0.3 is 15.5 Å². The Hall–Kier alpha value is -2.40. The number of nitrogens with zero attached hydrogens (tertiary/aromatic N) is 2. The van der Waals surface area contributed by atoms with Gasteiger partial charge in [-0.1, -0.05) is 18.2 Å². The first-order valence-electron chi connectivity index (χ1n) is 8.41. The molecule has 0 unspecified atom stereocenters. The molecule has 126 valence electrons. The molecule has 1 fully saturated rings. The molecule has 2 heterocycles. The Morgan fingerprint density at radius 1 is 1.29 bits per heavy atom. The van der Waals surface area contributed by atoms with E-state index in [-0.39, 0.29) is 11.9 Å². The maximum absolute atomic E-state index is 11.2. The molecule has 0 bridgehead atoms. The number of nitrogens with one attached hydrogen (secondary N) is 2. The van der Waals surface area contributed by atoms with Crippen molar-refractivity contribution < 1.29 is 4.79 Å². The SMILES string of the molecule is CC(=O)Nc1cccc([C@H](C)N[C@H]2CCN(c3ccccn3)C2)c1. The summed E-state index contributed by atoms with van der Waals surface area (Å²) < 4.78 is 0. The van der Waals surface area contributed by atoms with E-state index in [0.717, 1.165) is 31.0 Å². The van der Waals surface area contributed by atoms with Crippen LogP contribution in [-0.2, 0) is 4.79 Å². The van der Waals surface area contributed by atoms with E-state index in [4.69, 9.17) is 0 Å². The smallest absolute Gasteiger partial charge is 0.221 e. The lowest BCUT2D eigenvalue weighted by molar-refractivity contribution is -0.114. The molecule has 0 radical (unpaired) electrons. The first-order chi connectivity index (χ1) is 11.6. The topological polar surface area (TPSA) is 57.3 Å². The zero-order valence-electron chi connectivity index (χ0n) is 14.2. The Kier molecular flexibility index (Phi) is 5.11. The van der Waals surface area contributed by atoms with Gasteiger partial charge in [0.05, 0.1) is 0 Å². The van der Waals surface area contributed by atoms with Crippen LogP contribution < -0.4 is 15.5 Å². The first-order valence-corrected chi connectivity index (χ1v) is 8.41. The minimum Gasteiger partial charge on any atom is -0.355 e. The van der Waals surface area contributed by atoms with Crippen molar-refractivity contribution in [3.8, 4) is 0 Å². The van der Waals surface area contributed by atoms with Crippen molar-refractivity contribution in [2.24, 2.45) is 0 Å². The van der Waals surface area contributed by atoms with Crippen molar-refractivity contribution in [1.29, 1.82) is 0 Å². The van der Waals surface area contributed by atoms with Gasteiger partial charge in [0.15, 0.2) is 0 Å². The summed E-state index contributed by atoms with van der Waals surface area (Å²) >= 11 is 0. The highest BCUT2D eigenvalue weighted by molar-refractivity contribution is 5.88.